The average Bonchev–Trinajstić information content (AvgIpc) is 1.80. The van der Waals surface area contributed by atoms with Gasteiger partial charge in [0.05, 0.1) is 0 Å². The summed E-state index contributed by atoms with van der Waals surface area (Å²) in [7, 11) is 0. The van der Waals surface area contributed by atoms with Crippen molar-refractivity contribution in [2.24, 2.45) is 11.3 Å². The van der Waals surface area contributed by atoms with Crippen LogP contribution in [0, 0.1) is 5.41 Å². The Kier molecular flexibility index (Phi) is 3.16. The highest BCUT2D eigenvalue weighted by atomic mass is 15.2. The number of allylic oxidation sites excluding steroid dienone is 2. The number of hydrogen-bond donors (Lipinski definition) is 2. The average molecular weight is 140 g/mol. The first kappa shape index (κ1) is 9.24. The van der Waals surface area contributed by atoms with Gasteiger partial charge in [-0.2, -0.15) is 0 Å². The molecule has 0 rings (SSSR count). The number of rotatable bonds is 2. The third-order valence-corrected chi connectivity index (χ3v) is 1.34. The molecule has 58 valence electrons. The number of hydrazine groups is 1. The first-order chi connectivity index (χ1) is 4.48. The van der Waals surface area contributed by atoms with Gasteiger partial charge in [0, 0.05) is 6.20 Å². The van der Waals surface area contributed by atoms with Crippen molar-refractivity contribution in [2.45, 2.75) is 20.8 Å². The highest BCUT2D eigenvalue weighted by Crippen LogP contribution is 2.23. The van der Waals surface area contributed by atoms with Gasteiger partial charge in [0.15, 0.2) is 0 Å². The summed E-state index contributed by atoms with van der Waals surface area (Å²) in [5.74, 6) is 5.04. The Morgan fingerprint density at radius 2 is 2.00 bits per heavy atom. The maximum atomic E-state index is 5.04. The molecule has 0 heterocycles. The minimum Gasteiger partial charge on any atom is -0.331 e. The summed E-state index contributed by atoms with van der Waals surface area (Å²) in [4.78, 5) is 0. The van der Waals surface area contributed by atoms with Gasteiger partial charge in [0.1, 0.15) is 0 Å². The predicted octanol–water partition coefficient (Wildman–Crippen LogP) is 1.57. The monoisotopic (exact) mass is 140 g/mol. The largest absolute Gasteiger partial charge is 0.331 e. The van der Waals surface area contributed by atoms with E-state index in [1.54, 1.807) is 6.20 Å². The SMILES string of the molecule is C=C(/C=C\NN)C(C)(C)C. The molecule has 0 spiro atoms. The molecule has 0 aromatic carbocycles. The molecular weight excluding hydrogens is 124 g/mol. The molecule has 0 aromatic rings. The lowest BCUT2D eigenvalue weighted by Gasteiger charge is -2.18. The summed E-state index contributed by atoms with van der Waals surface area (Å²) in [6.07, 6.45) is 3.55. The summed E-state index contributed by atoms with van der Waals surface area (Å²) in [5.41, 5.74) is 3.62. The van der Waals surface area contributed by atoms with Gasteiger partial charge in [0.25, 0.3) is 0 Å². The highest BCUT2D eigenvalue weighted by Gasteiger charge is 2.11. The molecule has 0 aliphatic carbocycles. The van der Waals surface area contributed by atoms with Crippen molar-refractivity contribution in [3.63, 3.8) is 0 Å². The topological polar surface area (TPSA) is 38.0 Å². The second-order valence-electron chi connectivity index (χ2n) is 3.28. The molecule has 0 unspecified atom stereocenters. The Labute approximate surface area is 62.8 Å². The Bertz CT molecular complexity index is 140. The van der Waals surface area contributed by atoms with Crippen LogP contribution in [-0.4, -0.2) is 0 Å². The van der Waals surface area contributed by atoms with Crippen LogP contribution < -0.4 is 11.3 Å². The van der Waals surface area contributed by atoms with Crippen molar-refractivity contribution >= 4 is 0 Å². The first-order valence-electron chi connectivity index (χ1n) is 3.30. The van der Waals surface area contributed by atoms with Crippen molar-refractivity contribution in [1.29, 1.82) is 0 Å². The minimum atomic E-state index is 0.132. The van der Waals surface area contributed by atoms with Crippen molar-refractivity contribution < 1.29 is 0 Å². The summed E-state index contributed by atoms with van der Waals surface area (Å²) in [5, 5.41) is 0. The maximum absolute atomic E-state index is 5.04. The first-order valence-corrected chi connectivity index (χ1v) is 3.30. The van der Waals surface area contributed by atoms with E-state index in [-0.39, 0.29) is 5.41 Å². The fourth-order valence-corrected chi connectivity index (χ4v) is 0.399. The summed E-state index contributed by atoms with van der Waals surface area (Å²) in [6.45, 7) is 10.2. The normalized spacial score (nSPS) is 12.0. The van der Waals surface area contributed by atoms with Gasteiger partial charge in [-0.3, -0.25) is 5.84 Å². The van der Waals surface area contributed by atoms with Crippen LogP contribution in [0.3, 0.4) is 0 Å². The Balaban J connectivity index is 3.98. The zero-order chi connectivity index (χ0) is 8.20. The van der Waals surface area contributed by atoms with E-state index >= 15 is 0 Å². The molecule has 2 heteroatoms. The molecule has 0 saturated heterocycles. The van der Waals surface area contributed by atoms with E-state index in [1.807, 2.05) is 6.08 Å². The lowest BCUT2D eigenvalue weighted by atomic mass is 9.88. The van der Waals surface area contributed by atoms with Crippen molar-refractivity contribution in [1.82, 2.24) is 5.43 Å². The third-order valence-electron chi connectivity index (χ3n) is 1.34. The quantitative estimate of drug-likeness (QED) is 0.347. The Morgan fingerprint density at radius 3 is 2.30 bits per heavy atom. The van der Waals surface area contributed by atoms with E-state index in [2.05, 4.69) is 32.8 Å². The fraction of sp³-hybridized carbons (Fsp3) is 0.500. The summed E-state index contributed by atoms with van der Waals surface area (Å²) in [6, 6.07) is 0. The lowest BCUT2D eigenvalue weighted by Crippen LogP contribution is -2.14. The molecule has 0 amide bonds. The molecule has 0 aliphatic heterocycles. The van der Waals surface area contributed by atoms with E-state index in [4.69, 9.17) is 5.84 Å². The van der Waals surface area contributed by atoms with Gasteiger partial charge in [-0.25, -0.2) is 0 Å². The zero-order valence-electron chi connectivity index (χ0n) is 6.94. The second-order valence-corrected chi connectivity index (χ2v) is 3.28. The number of nitrogens with one attached hydrogen (secondary N) is 1. The molecule has 0 radical (unpaired) electrons. The van der Waals surface area contributed by atoms with Crippen molar-refractivity contribution in [2.75, 3.05) is 0 Å². The zero-order valence-corrected chi connectivity index (χ0v) is 6.94. The van der Waals surface area contributed by atoms with Gasteiger partial charge in [-0.1, -0.05) is 27.4 Å². The Morgan fingerprint density at radius 1 is 1.50 bits per heavy atom. The van der Waals surface area contributed by atoms with Gasteiger partial charge >= 0.3 is 0 Å². The Hall–Kier alpha value is -0.760. The molecule has 0 aliphatic rings. The third kappa shape index (κ3) is 3.30. The van der Waals surface area contributed by atoms with E-state index in [9.17, 15) is 0 Å². The summed E-state index contributed by atoms with van der Waals surface area (Å²) >= 11 is 0. The number of nitrogens with two attached hydrogens (primary N) is 1. The van der Waals surface area contributed by atoms with Crippen LogP contribution in [0.2, 0.25) is 0 Å². The molecule has 0 saturated carbocycles. The van der Waals surface area contributed by atoms with Gasteiger partial charge in [-0.05, 0) is 17.1 Å². The van der Waals surface area contributed by atoms with Crippen LogP contribution in [0.15, 0.2) is 24.4 Å². The van der Waals surface area contributed by atoms with E-state index in [0.717, 1.165) is 5.57 Å². The van der Waals surface area contributed by atoms with E-state index < -0.39 is 0 Å². The predicted molar refractivity (Wildman–Crippen MR) is 45.1 cm³/mol. The molecule has 0 bridgehead atoms. The van der Waals surface area contributed by atoms with Gasteiger partial charge in [0.2, 0.25) is 0 Å². The van der Waals surface area contributed by atoms with E-state index in [0.29, 0.717) is 0 Å². The molecule has 3 N–H and O–H groups in total. The van der Waals surface area contributed by atoms with Crippen LogP contribution >= 0.6 is 0 Å². The smallest absolute Gasteiger partial charge is 0.0125 e. The van der Waals surface area contributed by atoms with Gasteiger partial charge < -0.3 is 5.43 Å². The van der Waals surface area contributed by atoms with Crippen molar-refractivity contribution in [3.8, 4) is 0 Å². The molecule has 0 atom stereocenters. The van der Waals surface area contributed by atoms with Crippen LogP contribution in [0.1, 0.15) is 20.8 Å². The van der Waals surface area contributed by atoms with E-state index in [1.165, 1.54) is 0 Å². The summed E-state index contributed by atoms with van der Waals surface area (Å²) < 4.78 is 0. The number of hydrogen-bond acceptors (Lipinski definition) is 2. The molecule has 10 heavy (non-hydrogen) atoms. The van der Waals surface area contributed by atoms with Crippen molar-refractivity contribution in [3.05, 3.63) is 24.4 Å². The highest BCUT2D eigenvalue weighted by molar-refractivity contribution is 5.20. The molecular formula is C8H16N2. The minimum absolute atomic E-state index is 0.132. The van der Waals surface area contributed by atoms with Crippen LogP contribution in [0.4, 0.5) is 0 Å². The maximum Gasteiger partial charge on any atom is 0.0125 e. The van der Waals surface area contributed by atoms with Crippen LogP contribution in [0.5, 0.6) is 0 Å². The standard InChI is InChI=1S/C8H16N2/c1-7(5-6-10-9)8(2,3)4/h5-6,10H,1,9H2,2-4H3/b6-5-. The molecule has 2 nitrogen and oxygen atoms in total. The van der Waals surface area contributed by atoms with Crippen LogP contribution in [0.25, 0.3) is 0 Å². The van der Waals surface area contributed by atoms with Gasteiger partial charge in [-0.15, -0.1) is 0 Å². The lowest BCUT2D eigenvalue weighted by molar-refractivity contribution is 0.518. The molecule has 0 fully saturated rings. The molecule has 0 aromatic heterocycles. The fourth-order valence-electron chi connectivity index (χ4n) is 0.399. The second kappa shape index (κ2) is 3.42. The van der Waals surface area contributed by atoms with Crippen LogP contribution in [-0.2, 0) is 0 Å².